The van der Waals surface area contributed by atoms with E-state index in [1.165, 1.54) is 16.9 Å². The van der Waals surface area contributed by atoms with Gasteiger partial charge < -0.3 is 4.74 Å². The molecular weight excluding hydrogens is 232 g/mol. The lowest BCUT2D eigenvalue weighted by Gasteiger charge is -2.26. The first-order valence-corrected chi connectivity index (χ1v) is 6.50. The van der Waals surface area contributed by atoms with Crippen LogP contribution in [0.25, 0.3) is 11.1 Å². The van der Waals surface area contributed by atoms with Gasteiger partial charge in [-0.25, -0.2) is 0 Å². The van der Waals surface area contributed by atoms with Gasteiger partial charge in [0.2, 0.25) is 0 Å². The SMILES string of the molecule is O=Cc1cc(-c2ccc(C3CCO3)cc2)cs1. The van der Waals surface area contributed by atoms with Crippen molar-refractivity contribution < 1.29 is 9.53 Å². The molecule has 2 nitrogen and oxygen atoms in total. The quantitative estimate of drug-likeness (QED) is 0.770. The summed E-state index contributed by atoms with van der Waals surface area (Å²) in [7, 11) is 0. The molecule has 0 amide bonds. The number of rotatable bonds is 3. The zero-order valence-electron chi connectivity index (χ0n) is 9.26. The molecule has 1 aromatic carbocycles. The van der Waals surface area contributed by atoms with Crippen LogP contribution in [-0.2, 0) is 4.74 Å². The Balaban J connectivity index is 1.85. The predicted octanol–water partition coefficient (Wildman–Crippen LogP) is 3.69. The number of hydrogen-bond acceptors (Lipinski definition) is 3. The van der Waals surface area contributed by atoms with Gasteiger partial charge in [-0.05, 0) is 28.1 Å². The largest absolute Gasteiger partial charge is 0.373 e. The topological polar surface area (TPSA) is 26.3 Å². The highest BCUT2D eigenvalue weighted by Crippen LogP contribution is 2.31. The van der Waals surface area contributed by atoms with Gasteiger partial charge in [0.1, 0.15) is 0 Å². The van der Waals surface area contributed by atoms with Crippen LogP contribution in [0.15, 0.2) is 35.7 Å². The summed E-state index contributed by atoms with van der Waals surface area (Å²) < 4.78 is 5.44. The number of carbonyl (C=O) groups is 1. The summed E-state index contributed by atoms with van der Waals surface area (Å²) in [5, 5.41) is 2.01. The molecule has 86 valence electrons. The van der Waals surface area contributed by atoms with Crippen molar-refractivity contribution in [1.82, 2.24) is 0 Å². The molecule has 3 rings (SSSR count). The number of aldehydes is 1. The Labute approximate surface area is 104 Å². The third-order valence-electron chi connectivity index (χ3n) is 3.05. The molecule has 1 saturated heterocycles. The molecule has 1 aliphatic rings. The highest BCUT2D eigenvalue weighted by Gasteiger charge is 2.19. The van der Waals surface area contributed by atoms with Crippen LogP contribution >= 0.6 is 11.3 Å². The summed E-state index contributed by atoms with van der Waals surface area (Å²) in [5.74, 6) is 0. The van der Waals surface area contributed by atoms with Crippen LogP contribution in [0.5, 0.6) is 0 Å². The normalized spacial score (nSPS) is 18.7. The number of ether oxygens (including phenoxy) is 1. The fourth-order valence-corrected chi connectivity index (χ4v) is 2.67. The zero-order valence-corrected chi connectivity index (χ0v) is 10.1. The van der Waals surface area contributed by atoms with E-state index in [9.17, 15) is 4.79 Å². The smallest absolute Gasteiger partial charge is 0.160 e. The Hall–Kier alpha value is -1.45. The molecule has 1 unspecified atom stereocenters. The van der Waals surface area contributed by atoms with Crippen molar-refractivity contribution in [3.05, 3.63) is 46.2 Å². The van der Waals surface area contributed by atoms with E-state index in [1.807, 2.05) is 11.4 Å². The second kappa shape index (κ2) is 4.43. The number of hydrogen-bond donors (Lipinski definition) is 0. The summed E-state index contributed by atoms with van der Waals surface area (Å²) >= 11 is 1.48. The maximum absolute atomic E-state index is 10.6. The number of benzene rings is 1. The molecule has 3 heteroatoms. The van der Waals surface area contributed by atoms with E-state index in [0.717, 1.165) is 35.3 Å². The van der Waals surface area contributed by atoms with Crippen LogP contribution in [0.3, 0.4) is 0 Å². The lowest BCUT2D eigenvalue weighted by Crippen LogP contribution is -2.17. The summed E-state index contributed by atoms with van der Waals surface area (Å²) in [6, 6.07) is 10.3. The first kappa shape index (κ1) is 10.7. The third kappa shape index (κ3) is 2.04. The average Bonchev–Trinajstić information content (AvgIpc) is 2.76. The Kier molecular flexibility index (Phi) is 2.79. The second-order valence-electron chi connectivity index (χ2n) is 4.13. The standard InChI is InChI=1S/C14H12O2S/c15-8-13-7-12(9-17-13)10-1-3-11(4-2-10)14-5-6-16-14/h1-4,7-9,14H,5-6H2. The van der Waals surface area contributed by atoms with Crippen LogP contribution in [0.4, 0.5) is 0 Å². The van der Waals surface area contributed by atoms with Crippen LogP contribution < -0.4 is 0 Å². The first-order valence-electron chi connectivity index (χ1n) is 5.62. The zero-order chi connectivity index (χ0) is 11.7. The molecule has 0 aliphatic carbocycles. The molecule has 0 N–H and O–H groups in total. The van der Waals surface area contributed by atoms with E-state index in [0.29, 0.717) is 0 Å². The number of carbonyl (C=O) groups excluding carboxylic acids is 1. The van der Waals surface area contributed by atoms with Gasteiger partial charge in [0.25, 0.3) is 0 Å². The molecule has 1 atom stereocenters. The van der Waals surface area contributed by atoms with Gasteiger partial charge in [-0.2, -0.15) is 0 Å². The lowest BCUT2D eigenvalue weighted by molar-refractivity contribution is -0.0527. The Bertz CT molecular complexity index is 523. The van der Waals surface area contributed by atoms with E-state index in [1.54, 1.807) is 0 Å². The lowest BCUT2D eigenvalue weighted by atomic mass is 10.00. The molecule has 0 spiro atoms. The molecule has 2 aromatic rings. The fraction of sp³-hybridized carbons (Fsp3) is 0.214. The molecule has 0 saturated carbocycles. The second-order valence-corrected chi connectivity index (χ2v) is 5.07. The van der Waals surface area contributed by atoms with E-state index < -0.39 is 0 Å². The van der Waals surface area contributed by atoms with Crippen molar-refractivity contribution in [3.63, 3.8) is 0 Å². The molecule has 1 aromatic heterocycles. The van der Waals surface area contributed by atoms with Gasteiger partial charge in [0.15, 0.2) is 6.29 Å². The highest BCUT2D eigenvalue weighted by molar-refractivity contribution is 7.12. The Morgan fingerprint density at radius 1 is 1.24 bits per heavy atom. The maximum Gasteiger partial charge on any atom is 0.160 e. The fourth-order valence-electron chi connectivity index (χ4n) is 1.95. The van der Waals surface area contributed by atoms with E-state index in [-0.39, 0.29) is 6.10 Å². The van der Waals surface area contributed by atoms with Crippen molar-refractivity contribution >= 4 is 17.6 Å². The molecule has 1 fully saturated rings. The maximum atomic E-state index is 10.6. The van der Waals surface area contributed by atoms with Crippen LogP contribution in [0, 0.1) is 0 Å². The minimum absolute atomic E-state index is 0.289. The monoisotopic (exact) mass is 244 g/mol. The van der Waals surface area contributed by atoms with Crippen LogP contribution in [0.2, 0.25) is 0 Å². The van der Waals surface area contributed by atoms with Gasteiger partial charge in [-0.15, -0.1) is 11.3 Å². The summed E-state index contributed by atoms with van der Waals surface area (Å²) in [6.07, 6.45) is 2.30. The Morgan fingerprint density at radius 2 is 2.00 bits per heavy atom. The summed E-state index contributed by atoms with van der Waals surface area (Å²) in [6.45, 7) is 0.875. The minimum atomic E-state index is 0.289. The first-order chi connectivity index (χ1) is 8.36. The molecule has 17 heavy (non-hydrogen) atoms. The van der Waals surface area contributed by atoms with E-state index in [2.05, 4.69) is 24.3 Å². The van der Waals surface area contributed by atoms with Crippen molar-refractivity contribution in [3.8, 4) is 11.1 Å². The van der Waals surface area contributed by atoms with E-state index >= 15 is 0 Å². The van der Waals surface area contributed by atoms with Crippen molar-refractivity contribution in [2.45, 2.75) is 12.5 Å². The van der Waals surface area contributed by atoms with E-state index in [4.69, 9.17) is 4.74 Å². The van der Waals surface area contributed by atoms with Gasteiger partial charge in [-0.3, -0.25) is 4.79 Å². The predicted molar refractivity (Wildman–Crippen MR) is 68.5 cm³/mol. The molecule has 0 radical (unpaired) electrons. The van der Waals surface area contributed by atoms with Gasteiger partial charge >= 0.3 is 0 Å². The summed E-state index contributed by atoms with van der Waals surface area (Å²) in [4.78, 5) is 11.4. The average molecular weight is 244 g/mol. The summed E-state index contributed by atoms with van der Waals surface area (Å²) in [5.41, 5.74) is 3.50. The third-order valence-corrected chi connectivity index (χ3v) is 3.91. The van der Waals surface area contributed by atoms with Crippen molar-refractivity contribution in [1.29, 1.82) is 0 Å². The molecule has 1 aliphatic heterocycles. The van der Waals surface area contributed by atoms with Crippen molar-refractivity contribution in [2.75, 3.05) is 6.61 Å². The van der Waals surface area contributed by atoms with Crippen molar-refractivity contribution in [2.24, 2.45) is 0 Å². The van der Waals surface area contributed by atoms with Gasteiger partial charge in [0.05, 0.1) is 17.6 Å². The van der Waals surface area contributed by atoms with Crippen LogP contribution in [0.1, 0.15) is 27.8 Å². The van der Waals surface area contributed by atoms with Gasteiger partial charge in [0, 0.05) is 6.42 Å². The molecule has 0 bridgehead atoms. The van der Waals surface area contributed by atoms with Crippen LogP contribution in [-0.4, -0.2) is 12.9 Å². The molecular formula is C14H12O2S. The number of thiophene rings is 1. The molecule has 2 heterocycles. The minimum Gasteiger partial charge on any atom is -0.373 e. The highest BCUT2D eigenvalue weighted by atomic mass is 32.1. The Morgan fingerprint density at radius 3 is 2.53 bits per heavy atom. The van der Waals surface area contributed by atoms with Gasteiger partial charge in [-0.1, -0.05) is 24.3 Å².